The second-order valence-electron chi connectivity index (χ2n) is 3.03. The summed E-state index contributed by atoms with van der Waals surface area (Å²) >= 11 is 0. The maximum absolute atomic E-state index is 8.69. The molecule has 4 nitrogen and oxygen atoms in total. The van der Waals surface area contributed by atoms with E-state index < -0.39 is 0 Å². The number of nitrogens with two attached hydrogens (primary N) is 1. The third kappa shape index (κ3) is 3.29. The second-order valence-corrected chi connectivity index (χ2v) is 3.03. The Morgan fingerprint density at radius 2 is 2.46 bits per heavy atom. The van der Waals surface area contributed by atoms with E-state index in [1.807, 2.05) is 13.0 Å². The molecule has 0 bridgehead atoms. The van der Waals surface area contributed by atoms with Crippen molar-refractivity contribution in [3.8, 4) is 0 Å². The summed E-state index contributed by atoms with van der Waals surface area (Å²) < 4.78 is 0. The quantitative estimate of drug-likeness (QED) is 0.644. The summed E-state index contributed by atoms with van der Waals surface area (Å²) in [7, 11) is 0. The van der Waals surface area contributed by atoms with Crippen LogP contribution in [-0.2, 0) is 0 Å². The van der Waals surface area contributed by atoms with Crippen LogP contribution in [-0.4, -0.2) is 22.7 Å². The van der Waals surface area contributed by atoms with E-state index in [0.29, 0.717) is 5.82 Å². The van der Waals surface area contributed by atoms with Crippen molar-refractivity contribution in [3.63, 3.8) is 0 Å². The van der Waals surface area contributed by atoms with Gasteiger partial charge in [-0.2, -0.15) is 0 Å². The maximum Gasteiger partial charge on any atom is 0.125 e. The third-order valence-corrected chi connectivity index (χ3v) is 1.76. The van der Waals surface area contributed by atoms with Crippen molar-refractivity contribution in [2.24, 2.45) is 0 Å². The van der Waals surface area contributed by atoms with Gasteiger partial charge in [0.15, 0.2) is 0 Å². The Morgan fingerprint density at radius 3 is 3.08 bits per heavy atom. The first-order chi connectivity index (χ1) is 6.22. The van der Waals surface area contributed by atoms with Crippen molar-refractivity contribution < 1.29 is 5.11 Å². The Bertz CT molecular complexity index is 265. The van der Waals surface area contributed by atoms with E-state index in [2.05, 4.69) is 10.3 Å². The molecule has 0 aromatic carbocycles. The lowest BCUT2D eigenvalue weighted by atomic mass is 10.2. The summed E-state index contributed by atoms with van der Waals surface area (Å²) in [6.45, 7) is 2.20. The highest BCUT2D eigenvalue weighted by atomic mass is 16.3. The fraction of sp³-hybridized carbons (Fsp3) is 0.444. The Hall–Kier alpha value is -1.29. The first kappa shape index (κ1) is 9.80. The number of nitrogens with one attached hydrogen (secondary N) is 1. The Balaban J connectivity index is 2.53. The number of hydrogen-bond donors (Lipinski definition) is 3. The van der Waals surface area contributed by atoms with Gasteiger partial charge in [-0.1, -0.05) is 0 Å². The monoisotopic (exact) mass is 181 g/mol. The molecule has 0 aliphatic rings. The average Bonchev–Trinajstić information content (AvgIpc) is 2.04. The molecule has 1 rings (SSSR count). The SMILES string of the molecule is CC(CCO)Nc1ccnc(N)c1. The highest BCUT2D eigenvalue weighted by Crippen LogP contribution is 2.10. The zero-order valence-corrected chi connectivity index (χ0v) is 7.70. The van der Waals surface area contributed by atoms with Crippen molar-refractivity contribution in [2.45, 2.75) is 19.4 Å². The standard InChI is InChI=1S/C9H15N3O/c1-7(3-5-13)12-8-2-4-11-9(10)6-8/h2,4,6-7,13H,3,5H2,1H3,(H3,10,11,12). The van der Waals surface area contributed by atoms with Gasteiger partial charge in [-0.05, 0) is 19.4 Å². The van der Waals surface area contributed by atoms with Gasteiger partial charge in [-0.25, -0.2) is 4.98 Å². The minimum Gasteiger partial charge on any atom is -0.396 e. The zero-order valence-electron chi connectivity index (χ0n) is 7.70. The molecule has 0 saturated carbocycles. The van der Waals surface area contributed by atoms with Crippen LogP contribution >= 0.6 is 0 Å². The van der Waals surface area contributed by atoms with Crippen LogP contribution in [0.5, 0.6) is 0 Å². The van der Waals surface area contributed by atoms with E-state index in [1.54, 1.807) is 12.3 Å². The number of hydrogen-bond acceptors (Lipinski definition) is 4. The number of nitrogen functional groups attached to an aromatic ring is 1. The van der Waals surface area contributed by atoms with Crippen molar-refractivity contribution in [1.82, 2.24) is 4.98 Å². The van der Waals surface area contributed by atoms with Crippen LogP contribution in [0.15, 0.2) is 18.3 Å². The molecular formula is C9H15N3O. The molecule has 0 fully saturated rings. The summed E-state index contributed by atoms with van der Waals surface area (Å²) in [4.78, 5) is 3.88. The van der Waals surface area contributed by atoms with E-state index in [9.17, 15) is 0 Å². The second kappa shape index (κ2) is 4.67. The highest BCUT2D eigenvalue weighted by molar-refractivity contribution is 5.50. The molecular weight excluding hydrogens is 166 g/mol. The lowest BCUT2D eigenvalue weighted by molar-refractivity contribution is 0.282. The van der Waals surface area contributed by atoms with Crippen LogP contribution in [0.4, 0.5) is 11.5 Å². The Labute approximate surface area is 77.8 Å². The van der Waals surface area contributed by atoms with Crippen LogP contribution < -0.4 is 11.1 Å². The smallest absolute Gasteiger partial charge is 0.125 e. The van der Waals surface area contributed by atoms with Gasteiger partial charge in [0.05, 0.1) is 0 Å². The van der Waals surface area contributed by atoms with Gasteiger partial charge in [0.1, 0.15) is 5.82 Å². The molecule has 1 unspecified atom stereocenters. The number of anilines is 2. The lowest BCUT2D eigenvalue weighted by Crippen LogP contribution is -2.16. The van der Waals surface area contributed by atoms with Crippen LogP contribution in [0.1, 0.15) is 13.3 Å². The van der Waals surface area contributed by atoms with Crippen LogP contribution in [0.25, 0.3) is 0 Å². The molecule has 0 radical (unpaired) electrons. The van der Waals surface area contributed by atoms with E-state index in [-0.39, 0.29) is 12.6 Å². The number of aliphatic hydroxyl groups is 1. The molecule has 0 aliphatic carbocycles. The normalized spacial score (nSPS) is 12.5. The van der Waals surface area contributed by atoms with Crippen LogP contribution in [0.2, 0.25) is 0 Å². The molecule has 1 atom stereocenters. The largest absolute Gasteiger partial charge is 0.396 e. The number of aliphatic hydroxyl groups excluding tert-OH is 1. The Kier molecular flexibility index (Phi) is 3.52. The number of nitrogens with zero attached hydrogens (tertiary/aromatic N) is 1. The molecule has 1 aromatic heterocycles. The van der Waals surface area contributed by atoms with Gasteiger partial charge in [-0.3, -0.25) is 0 Å². The van der Waals surface area contributed by atoms with Gasteiger partial charge in [0.25, 0.3) is 0 Å². The fourth-order valence-corrected chi connectivity index (χ4v) is 1.09. The molecule has 1 aromatic rings. The van der Waals surface area contributed by atoms with Crippen molar-refractivity contribution in [3.05, 3.63) is 18.3 Å². The van der Waals surface area contributed by atoms with E-state index in [0.717, 1.165) is 12.1 Å². The first-order valence-corrected chi connectivity index (χ1v) is 4.31. The molecule has 1 heterocycles. The average molecular weight is 181 g/mol. The summed E-state index contributed by atoms with van der Waals surface area (Å²) in [5.74, 6) is 0.501. The zero-order chi connectivity index (χ0) is 9.68. The molecule has 0 amide bonds. The van der Waals surface area contributed by atoms with Gasteiger partial charge in [0, 0.05) is 30.6 Å². The highest BCUT2D eigenvalue weighted by Gasteiger charge is 2.00. The molecule has 4 N–H and O–H groups in total. The Morgan fingerprint density at radius 1 is 1.69 bits per heavy atom. The van der Waals surface area contributed by atoms with Crippen LogP contribution in [0.3, 0.4) is 0 Å². The van der Waals surface area contributed by atoms with Crippen LogP contribution in [0, 0.1) is 0 Å². The predicted octanol–water partition coefficient (Wildman–Crippen LogP) is 0.847. The van der Waals surface area contributed by atoms with Gasteiger partial charge in [-0.15, -0.1) is 0 Å². The molecule has 0 saturated heterocycles. The number of pyridine rings is 1. The molecule has 0 spiro atoms. The predicted molar refractivity (Wildman–Crippen MR) is 53.4 cm³/mol. The number of rotatable bonds is 4. The van der Waals surface area contributed by atoms with Crippen molar-refractivity contribution >= 4 is 11.5 Å². The van der Waals surface area contributed by atoms with Gasteiger partial charge < -0.3 is 16.2 Å². The topological polar surface area (TPSA) is 71.2 Å². The molecule has 0 aliphatic heterocycles. The third-order valence-electron chi connectivity index (χ3n) is 1.76. The summed E-state index contributed by atoms with van der Waals surface area (Å²) in [6, 6.07) is 3.87. The molecule has 72 valence electrons. The van der Waals surface area contributed by atoms with E-state index in [4.69, 9.17) is 10.8 Å². The fourth-order valence-electron chi connectivity index (χ4n) is 1.09. The lowest BCUT2D eigenvalue weighted by Gasteiger charge is -2.13. The summed E-state index contributed by atoms with van der Waals surface area (Å²) in [5, 5.41) is 11.9. The first-order valence-electron chi connectivity index (χ1n) is 4.31. The van der Waals surface area contributed by atoms with Gasteiger partial charge >= 0.3 is 0 Å². The van der Waals surface area contributed by atoms with E-state index in [1.165, 1.54) is 0 Å². The minimum atomic E-state index is 0.189. The van der Waals surface area contributed by atoms with Gasteiger partial charge in [0.2, 0.25) is 0 Å². The minimum absolute atomic E-state index is 0.189. The molecule has 4 heteroatoms. The van der Waals surface area contributed by atoms with E-state index >= 15 is 0 Å². The summed E-state index contributed by atoms with van der Waals surface area (Å²) in [6.07, 6.45) is 2.38. The summed E-state index contributed by atoms with van der Waals surface area (Å²) in [5.41, 5.74) is 6.45. The maximum atomic E-state index is 8.69. The van der Waals surface area contributed by atoms with Crippen molar-refractivity contribution in [2.75, 3.05) is 17.7 Å². The van der Waals surface area contributed by atoms with Crippen molar-refractivity contribution in [1.29, 1.82) is 0 Å². The molecule has 13 heavy (non-hydrogen) atoms. The number of aromatic nitrogens is 1.